The molecule has 1 aromatic rings. The Bertz CT molecular complexity index is 382. The lowest BCUT2D eigenvalue weighted by Crippen LogP contribution is -2.19. The molecule has 1 aromatic carbocycles. The van der Waals surface area contributed by atoms with E-state index >= 15 is 0 Å². The van der Waals surface area contributed by atoms with E-state index in [2.05, 4.69) is 64.1 Å². The van der Waals surface area contributed by atoms with Gasteiger partial charge in [0.2, 0.25) is 0 Å². The monoisotopic (exact) mass is 228 g/mol. The Morgan fingerprint density at radius 2 is 1.71 bits per heavy atom. The molecule has 0 spiro atoms. The van der Waals surface area contributed by atoms with Crippen molar-refractivity contribution in [1.29, 1.82) is 0 Å². The minimum atomic E-state index is 1.04. The molecule has 17 heavy (non-hydrogen) atoms. The van der Waals surface area contributed by atoms with Crippen molar-refractivity contribution in [2.75, 3.05) is 0 Å². The molecular formula is C16H25B. The summed E-state index contributed by atoms with van der Waals surface area (Å²) in [4.78, 5) is 0. The van der Waals surface area contributed by atoms with Crippen LogP contribution in [-0.4, -0.2) is 7.28 Å². The molecule has 0 aromatic heterocycles. The molecule has 0 unspecified atom stereocenters. The maximum Gasteiger partial charge on any atom is 0.192 e. The van der Waals surface area contributed by atoms with Gasteiger partial charge in [-0.25, -0.2) is 0 Å². The van der Waals surface area contributed by atoms with E-state index in [9.17, 15) is 0 Å². The average molecular weight is 228 g/mol. The molecule has 0 aliphatic carbocycles. The van der Waals surface area contributed by atoms with Crippen molar-refractivity contribution >= 4 is 12.7 Å². The van der Waals surface area contributed by atoms with Gasteiger partial charge in [-0.1, -0.05) is 72.3 Å². The van der Waals surface area contributed by atoms with E-state index in [4.69, 9.17) is 0 Å². The van der Waals surface area contributed by atoms with Crippen LogP contribution < -0.4 is 5.46 Å². The van der Waals surface area contributed by atoms with Gasteiger partial charge in [0.15, 0.2) is 7.28 Å². The predicted octanol–water partition coefficient (Wildman–Crippen LogP) is 3.95. The number of benzene rings is 1. The van der Waals surface area contributed by atoms with Gasteiger partial charge in [0, 0.05) is 0 Å². The average Bonchev–Trinajstić information content (AvgIpc) is 2.33. The van der Waals surface area contributed by atoms with E-state index in [-0.39, 0.29) is 0 Å². The van der Waals surface area contributed by atoms with E-state index < -0.39 is 0 Å². The largest absolute Gasteiger partial charge is 0.192 e. The molecule has 0 N–H and O–H groups in total. The van der Waals surface area contributed by atoms with E-state index in [0.717, 1.165) is 7.28 Å². The number of hydrogen-bond acceptors (Lipinski definition) is 0. The van der Waals surface area contributed by atoms with E-state index in [1.807, 2.05) is 13.8 Å². The van der Waals surface area contributed by atoms with Gasteiger partial charge in [-0.3, -0.25) is 0 Å². The Kier molecular flexibility index (Phi) is 8.22. The fraction of sp³-hybridized carbons (Fsp3) is 0.375. The lowest BCUT2D eigenvalue weighted by molar-refractivity contribution is 1.37. The molecule has 0 amide bonds. The molecule has 0 saturated heterocycles. The molecule has 1 rings (SSSR count). The molecular weight excluding hydrogens is 203 g/mol. The summed E-state index contributed by atoms with van der Waals surface area (Å²) in [6, 6.07) is 8.59. The fourth-order valence-electron chi connectivity index (χ4n) is 1.62. The van der Waals surface area contributed by atoms with Crippen molar-refractivity contribution in [1.82, 2.24) is 0 Å². The molecule has 0 heterocycles. The molecule has 0 bridgehead atoms. The zero-order valence-electron chi connectivity index (χ0n) is 12.2. The van der Waals surface area contributed by atoms with Crippen molar-refractivity contribution in [2.24, 2.45) is 0 Å². The highest BCUT2D eigenvalue weighted by Gasteiger charge is 2.03. The topological polar surface area (TPSA) is 0 Å². The quantitative estimate of drug-likeness (QED) is 0.542. The highest BCUT2D eigenvalue weighted by molar-refractivity contribution is 6.62. The number of hydrogen-bond donors (Lipinski definition) is 0. The molecule has 0 aliphatic rings. The van der Waals surface area contributed by atoms with Gasteiger partial charge in [0.25, 0.3) is 0 Å². The van der Waals surface area contributed by atoms with Crippen LogP contribution in [0.1, 0.15) is 40.2 Å². The van der Waals surface area contributed by atoms with Crippen molar-refractivity contribution < 1.29 is 0 Å². The fourth-order valence-corrected chi connectivity index (χ4v) is 1.62. The smallest absolute Gasteiger partial charge is 0.0882 e. The van der Waals surface area contributed by atoms with Crippen molar-refractivity contribution in [3.8, 4) is 0 Å². The second-order valence-corrected chi connectivity index (χ2v) is 4.13. The van der Waals surface area contributed by atoms with Gasteiger partial charge in [-0.05, 0) is 27.7 Å². The van der Waals surface area contributed by atoms with Crippen LogP contribution in [0.15, 0.2) is 47.5 Å². The third kappa shape index (κ3) is 5.58. The Labute approximate surface area is 108 Å². The molecule has 0 radical (unpaired) electrons. The Morgan fingerprint density at radius 1 is 1.12 bits per heavy atom. The SMILES string of the molecule is C/C=C\C(Bc1ccccc1C)=C(C)C.CC. The first kappa shape index (κ1) is 15.8. The van der Waals surface area contributed by atoms with Crippen molar-refractivity contribution in [3.05, 3.63) is 53.0 Å². The highest BCUT2D eigenvalue weighted by Crippen LogP contribution is 2.05. The van der Waals surface area contributed by atoms with E-state index in [1.165, 1.54) is 22.1 Å². The highest BCUT2D eigenvalue weighted by atomic mass is 13.9. The minimum Gasteiger partial charge on any atom is -0.0882 e. The van der Waals surface area contributed by atoms with Crippen molar-refractivity contribution in [2.45, 2.75) is 41.5 Å². The Morgan fingerprint density at radius 3 is 2.18 bits per heavy atom. The normalized spacial score (nSPS) is 9.53. The zero-order chi connectivity index (χ0) is 13.3. The molecule has 1 heteroatoms. The summed E-state index contributed by atoms with van der Waals surface area (Å²) in [5.41, 5.74) is 5.62. The minimum absolute atomic E-state index is 1.04. The summed E-state index contributed by atoms with van der Waals surface area (Å²) in [6.45, 7) is 12.6. The summed E-state index contributed by atoms with van der Waals surface area (Å²) in [5.74, 6) is 0. The number of rotatable bonds is 3. The van der Waals surface area contributed by atoms with E-state index in [0.29, 0.717) is 0 Å². The third-order valence-corrected chi connectivity index (χ3v) is 2.65. The van der Waals surface area contributed by atoms with Crippen LogP contribution >= 0.6 is 0 Å². The molecule has 0 fully saturated rings. The van der Waals surface area contributed by atoms with Crippen LogP contribution in [0.2, 0.25) is 0 Å². The van der Waals surface area contributed by atoms with Gasteiger partial charge >= 0.3 is 0 Å². The first-order valence-electron chi connectivity index (χ1n) is 6.48. The van der Waals surface area contributed by atoms with Crippen LogP contribution in [0.5, 0.6) is 0 Å². The molecule has 0 atom stereocenters. The summed E-state index contributed by atoms with van der Waals surface area (Å²) in [6.07, 6.45) is 4.32. The lowest BCUT2D eigenvalue weighted by Gasteiger charge is -2.06. The zero-order valence-corrected chi connectivity index (χ0v) is 12.2. The second kappa shape index (κ2) is 8.86. The first-order chi connectivity index (χ1) is 8.15. The number of allylic oxidation sites excluding steroid dienone is 4. The molecule has 0 nitrogen and oxygen atoms in total. The van der Waals surface area contributed by atoms with Gasteiger partial charge in [0.1, 0.15) is 0 Å². The Balaban J connectivity index is 0.00000121. The van der Waals surface area contributed by atoms with Gasteiger partial charge in [0.05, 0.1) is 0 Å². The van der Waals surface area contributed by atoms with Gasteiger partial charge in [-0.15, -0.1) is 0 Å². The summed E-state index contributed by atoms with van der Waals surface area (Å²) in [5, 5.41) is 0. The van der Waals surface area contributed by atoms with Crippen LogP contribution in [0.25, 0.3) is 0 Å². The van der Waals surface area contributed by atoms with Crippen LogP contribution in [0.4, 0.5) is 0 Å². The maximum atomic E-state index is 2.21. The third-order valence-electron chi connectivity index (χ3n) is 2.65. The van der Waals surface area contributed by atoms with E-state index in [1.54, 1.807) is 0 Å². The summed E-state index contributed by atoms with van der Waals surface area (Å²) < 4.78 is 0. The first-order valence-corrected chi connectivity index (χ1v) is 6.48. The standard InChI is InChI=1S/C14H19B.C2H6/c1-5-8-13(11(2)3)15-14-10-7-6-9-12(14)4;1-2/h5-10,15H,1-4H3;1-2H3/b8-5-;. The lowest BCUT2D eigenvalue weighted by atomic mass is 9.60. The van der Waals surface area contributed by atoms with Crippen LogP contribution in [0, 0.1) is 6.92 Å². The number of aryl methyl sites for hydroxylation is 1. The summed E-state index contributed by atoms with van der Waals surface area (Å²) in [7, 11) is 1.04. The van der Waals surface area contributed by atoms with Gasteiger partial charge < -0.3 is 0 Å². The van der Waals surface area contributed by atoms with Crippen LogP contribution in [0.3, 0.4) is 0 Å². The maximum absolute atomic E-state index is 2.21. The Hall–Kier alpha value is -1.24. The van der Waals surface area contributed by atoms with Crippen LogP contribution in [-0.2, 0) is 0 Å². The molecule has 0 aliphatic heterocycles. The van der Waals surface area contributed by atoms with Crippen molar-refractivity contribution in [3.63, 3.8) is 0 Å². The molecule has 0 saturated carbocycles. The predicted molar refractivity (Wildman–Crippen MR) is 82.5 cm³/mol. The van der Waals surface area contributed by atoms with Gasteiger partial charge in [-0.2, -0.15) is 0 Å². The second-order valence-electron chi connectivity index (χ2n) is 4.13. The summed E-state index contributed by atoms with van der Waals surface area (Å²) >= 11 is 0. The molecule has 92 valence electrons.